The molecule has 0 radical (unpaired) electrons. The number of hydrogen-bond donors (Lipinski definition) is 3. The Labute approximate surface area is 418 Å². The van der Waals surface area contributed by atoms with Crippen molar-refractivity contribution in [3.05, 3.63) is 137 Å². The number of nitrogens with one attached hydrogen (secondary N) is 3. The quantitative estimate of drug-likeness (QED) is 0.0277. The summed E-state index contributed by atoms with van der Waals surface area (Å²) in [5.74, 6) is -1.86. The van der Waals surface area contributed by atoms with Crippen LogP contribution in [-0.4, -0.2) is 71.1 Å². The Morgan fingerprint density at radius 1 is 0.437 bits per heavy atom. The summed E-state index contributed by atoms with van der Waals surface area (Å²) < 4.78 is 35.4. The van der Waals surface area contributed by atoms with Crippen molar-refractivity contribution in [2.75, 3.05) is 0 Å². The lowest BCUT2D eigenvalue weighted by molar-refractivity contribution is -0.698. The molecule has 3 atom stereocenters. The van der Waals surface area contributed by atoms with E-state index in [0.29, 0.717) is 32.2 Å². The minimum Gasteiger partial charge on any atom is -0.459 e. The number of esters is 3. The van der Waals surface area contributed by atoms with Gasteiger partial charge in [0.2, 0.25) is 0 Å². The van der Waals surface area contributed by atoms with Crippen LogP contribution in [0.5, 0.6) is 0 Å². The standard InChI is InChI=1S/C55H72N4O12/c1-53(2,3)69-50(63)56-44(47(60)66-36-39-21-13-10-14-22-39)27-19-20-32-59-34-42(28-30-45(57-51(64)70-54(4,5)6)48(61)67-37-40-23-15-11-16-24-40)33-43(35-59)29-31-46(58-52(65)71-55(7,8)9)49(62)68-38-41-25-17-12-18-26-41/h10-18,21-26,33-35,44-46H,19-20,27-32,36-38H2,1-9H3,(H2-,56,57,58,63,64,65)/p+1/t44-,45-,46-/m0/s1. The van der Waals surface area contributed by atoms with E-state index < -0.39 is 71.1 Å². The number of benzene rings is 3. The zero-order valence-electron chi connectivity index (χ0n) is 42.7. The topological polar surface area (TPSA) is 198 Å². The molecule has 0 aliphatic heterocycles. The van der Waals surface area contributed by atoms with Crippen molar-refractivity contribution in [1.82, 2.24) is 16.0 Å². The number of aryl methyl sites for hydroxylation is 3. The number of ether oxygens (including phenoxy) is 6. The fraction of sp³-hybridized carbons (Fsp3) is 0.473. The number of unbranched alkanes of at least 4 members (excludes halogenated alkanes) is 1. The number of carbonyl (C=O) groups is 6. The van der Waals surface area contributed by atoms with Gasteiger partial charge >= 0.3 is 36.2 Å². The third-order valence-corrected chi connectivity index (χ3v) is 10.2. The fourth-order valence-corrected chi connectivity index (χ4v) is 7.03. The van der Waals surface area contributed by atoms with Crippen LogP contribution in [0.3, 0.4) is 0 Å². The molecule has 71 heavy (non-hydrogen) atoms. The Morgan fingerprint density at radius 2 is 0.746 bits per heavy atom. The maximum Gasteiger partial charge on any atom is 0.408 e. The number of carbonyl (C=O) groups excluding carboxylic acids is 6. The van der Waals surface area contributed by atoms with Gasteiger partial charge in [-0.25, -0.2) is 33.3 Å². The second-order valence-corrected chi connectivity index (χ2v) is 20.2. The van der Waals surface area contributed by atoms with E-state index in [0.717, 1.165) is 27.8 Å². The van der Waals surface area contributed by atoms with E-state index in [2.05, 4.69) is 16.0 Å². The van der Waals surface area contributed by atoms with Crippen LogP contribution in [0.15, 0.2) is 109 Å². The van der Waals surface area contributed by atoms with Gasteiger partial charge in [-0.05, 0) is 124 Å². The number of pyridine rings is 1. The molecule has 4 rings (SSSR count). The van der Waals surface area contributed by atoms with Gasteiger partial charge in [-0.15, -0.1) is 0 Å². The number of amides is 3. The third kappa shape index (κ3) is 23.5. The van der Waals surface area contributed by atoms with Crippen LogP contribution in [0.1, 0.15) is 122 Å². The van der Waals surface area contributed by atoms with Crippen molar-refractivity contribution >= 4 is 36.2 Å². The van der Waals surface area contributed by atoms with Gasteiger partial charge in [-0.3, -0.25) is 0 Å². The lowest BCUT2D eigenvalue weighted by atomic mass is 10.0. The summed E-state index contributed by atoms with van der Waals surface area (Å²) in [6, 6.07) is 26.5. The van der Waals surface area contributed by atoms with Gasteiger partial charge in [-0.1, -0.05) is 91.0 Å². The molecule has 0 saturated heterocycles. The molecule has 0 bridgehead atoms. The van der Waals surface area contributed by atoms with E-state index in [1.807, 2.05) is 114 Å². The molecule has 384 valence electrons. The molecule has 16 nitrogen and oxygen atoms in total. The molecule has 0 saturated carbocycles. The Balaban J connectivity index is 1.58. The zero-order chi connectivity index (χ0) is 52.0. The lowest BCUT2D eigenvalue weighted by Crippen LogP contribution is -2.45. The summed E-state index contributed by atoms with van der Waals surface area (Å²) in [4.78, 5) is 79.5. The van der Waals surface area contributed by atoms with E-state index in [4.69, 9.17) is 28.4 Å². The Bertz CT molecular complexity index is 2210. The number of nitrogens with zero attached hydrogens (tertiary/aromatic N) is 1. The first-order chi connectivity index (χ1) is 33.5. The Kier molecular flexibility index (Phi) is 21.9. The number of alkyl carbamates (subject to hydrolysis) is 3. The van der Waals surface area contributed by atoms with E-state index in [-0.39, 0.29) is 39.1 Å². The SMILES string of the molecule is CC(C)(C)OC(=O)N[C@@H](CCCC[n+]1cc(CC[C@H](NC(=O)OC(C)(C)C)C(=O)OCc2ccccc2)cc(CC[C@H](NC(=O)OC(C)(C)C)C(=O)OCc2ccccc2)c1)C(=O)OCc1ccccc1. The molecule has 16 heteroatoms. The van der Waals surface area contributed by atoms with Crippen LogP contribution >= 0.6 is 0 Å². The highest BCUT2D eigenvalue weighted by atomic mass is 16.6. The van der Waals surface area contributed by atoms with E-state index >= 15 is 0 Å². The molecule has 0 aliphatic rings. The molecule has 0 spiro atoms. The molecular weight excluding hydrogens is 909 g/mol. The van der Waals surface area contributed by atoms with Crippen LogP contribution in [-0.2, 0) is 82.0 Å². The van der Waals surface area contributed by atoms with Gasteiger partial charge in [0, 0.05) is 17.5 Å². The highest BCUT2D eigenvalue weighted by Gasteiger charge is 2.29. The average Bonchev–Trinajstić information content (AvgIpc) is 3.29. The van der Waals surface area contributed by atoms with Crippen LogP contribution in [0.4, 0.5) is 14.4 Å². The molecule has 3 amide bonds. The average molecular weight is 982 g/mol. The molecule has 4 aromatic rings. The smallest absolute Gasteiger partial charge is 0.408 e. The van der Waals surface area contributed by atoms with Gasteiger partial charge < -0.3 is 44.4 Å². The van der Waals surface area contributed by atoms with Gasteiger partial charge in [-0.2, -0.15) is 0 Å². The summed E-state index contributed by atoms with van der Waals surface area (Å²) in [6.07, 6.45) is 3.81. The maximum atomic E-state index is 13.6. The number of aromatic nitrogens is 1. The van der Waals surface area contributed by atoms with Gasteiger partial charge in [0.05, 0.1) is 0 Å². The second kappa shape index (κ2) is 27.4. The highest BCUT2D eigenvalue weighted by molar-refractivity contribution is 5.83. The van der Waals surface area contributed by atoms with Crippen molar-refractivity contribution in [3.8, 4) is 0 Å². The molecular formula is C55H73N4O12+. The van der Waals surface area contributed by atoms with Crippen molar-refractivity contribution < 1.29 is 61.8 Å². The predicted molar refractivity (Wildman–Crippen MR) is 265 cm³/mol. The first-order valence-corrected chi connectivity index (χ1v) is 24.1. The van der Waals surface area contributed by atoms with Crippen LogP contribution < -0.4 is 20.5 Å². The van der Waals surface area contributed by atoms with Crippen LogP contribution in [0.2, 0.25) is 0 Å². The van der Waals surface area contributed by atoms with E-state index in [9.17, 15) is 28.8 Å². The van der Waals surface area contributed by atoms with Crippen molar-refractivity contribution in [2.24, 2.45) is 0 Å². The first kappa shape index (κ1) is 56.6. The second-order valence-electron chi connectivity index (χ2n) is 20.2. The molecule has 3 N–H and O–H groups in total. The van der Waals surface area contributed by atoms with Gasteiger partial charge in [0.15, 0.2) is 12.4 Å². The molecule has 0 unspecified atom stereocenters. The van der Waals surface area contributed by atoms with Gasteiger partial charge in [0.25, 0.3) is 0 Å². The van der Waals surface area contributed by atoms with Crippen molar-refractivity contribution in [3.63, 3.8) is 0 Å². The molecule has 0 fully saturated rings. The Hall–Kier alpha value is -6.97. The monoisotopic (exact) mass is 982 g/mol. The molecule has 3 aromatic carbocycles. The zero-order valence-corrected chi connectivity index (χ0v) is 42.7. The third-order valence-electron chi connectivity index (χ3n) is 10.2. The summed E-state index contributed by atoms with van der Waals surface area (Å²) in [6.45, 7) is 16.1. The Morgan fingerprint density at radius 3 is 1.06 bits per heavy atom. The lowest BCUT2D eigenvalue weighted by Gasteiger charge is -2.23. The maximum absolute atomic E-state index is 13.6. The minimum atomic E-state index is -1.07. The van der Waals surface area contributed by atoms with E-state index in [1.54, 1.807) is 62.3 Å². The largest absolute Gasteiger partial charge is 0.459 e. The number of rotatable bonds is 23. The molecule has 0 aliphatic carbocycles. The summed E-state index contributed by atoms with van der Waals surface area (Å²) >= 11 is 0. The van der Waals surface area contributed by atoms with Crippen LogP contribution in [0, 0.1) is 0 Å². The van der Waals surface area contributed by atoms with Crippen molar-refractivity contribution in [1.29, 1.82) is 0 Å². The highest BCUT2D eigenvalue weighted by Crippen LogP contribution is 2.17. The van der Waals surface area contributed by atoms with Crippen LogP contribution in [0.25, 0.3) is 0 Å². The summed E-state index contributed by atoms with van der Waals surface area (Å²) in [5, 5.41) is 8.10. The summed E-state index contributed by atoms with van der Waals surface area (Å²) in [7, 11) is 0. The number of hydrogen-bond acceptors (Lipinski definition) is 12. The van der Waals surface area contributed by atoms with E-state index in [1.165, 1.54) is 0 Å². The molecule has 1 heterocycles. The van der Waals surface area contributed by atoms with Crippen molar-refractivity contribution in [2.45, 2.75) is 169 Å². The summed E-state index contributed by atoms with van der Waals surface area (Å²) in [5.41, 5.74) is 1.54. The predicted octanol–water partition coefficient (Wildman–Crippen LogP) is 8.92. The minimum absolute atomic E-state index is 0.00678. The fourth-order valence-electron chi connectivity index (χ4n) is 7.03. The first-order valence-electron chi connectivity index (χ1n) is 24.1. The van der Waals surface area contributed by atoms with Gasteiger partial charge in [0.1, 0.15) is 61.3 Å². The molecule has 1 aromatic heterocycles. The normalized spacial score (nSPS) is 12.8.